The molecule has 140 valence electrons. The lowest BCUT2D eigenvalue weighted by Crippen LogP contribution is -2.19. The molecule has 0 aliphatic carbocycles. The van der Waals surface area contributed by atoms with Crippen molar-refractivity contribution in [2.24, 2.45) is 0 Å². The minimum Gasteiger partial charge on any atom is -0.336 e. The van der Waals surface area contributed by atoms with E-state index < -0.39 is 4.92 Å². The molecule has 7 heteroatoms. The van der Waals surface area contributed by atoms with Gasteiger partial charge in [-0.1, -0.05) is 43.1 Å². The number of aryl methyl sites for hydroxylation is 2. The van der Waals surface area contributed by atoms with E-state index in [2.05, 4.69) is 12.2 Å². The molecular weight excluding hydrogens is 366 g/mol. The number of nitrogens with zero attached hydrogens (tertiary/aromatic N) is 2. The summed E-state index contributed by atoms with van der Waals surface area (Å²) in [7, 11) is 0. The number of unbranched alkanes of at least 4 members (excludes halogenated alkanes) is 1. The van der Waals surface area contributed by atoms with Crippen molar-refractivity contribution in [3.8, 4) is 0 Å². The molecule has 1 heterocycles. The molecule has 2 aromatic carbocycles. The zero-order chi connectivity index (χ0) is 19.6. The van der Waals surface area contributed by atoms with E-state index in [1.54, 1.807) is 0 Å². The van der Waals surface area contributed by atoms with Gasteiger partial charge in [-0.3, -0.25) is 14.9 Å². The van der Waals surface area contributed by atoms with E-state index in [0.717, 1.165) is 29.3 Å². The average molecular weight is 386 g/mol. The van der Waals surface area contributed by atoms with E-state index >= 15 is 0 Å². The summed E-state index contributed by atoms with van der Waals surface area (Å²) in [4.78, 5) is 23.8. The number of rotatable bonds is 6. The number of carbonyl (C=O) groups excluding carboxylic acids is 1. The quantitative estimate of drug-likeness (QED) is 0.445. The largest absolute Gasteiger partial charge is 0.336 e. The van der Waals surface area contributed by atoms with Gasteiger partial charge in [0.15, 0.2) is 0 Å². The van der Waals surface area contributed by atoms with Crippen molar-refractivity contribution in [3.05, 3.63) is 68.9 Å². The molecule has 3 aromatic rings. The highest BCUT2D eigenvalue weighted by Gasteiger charge is 2.23. The van der Waals surface area contributed by atoms with Crippen molar-refractivity contribution >= 4 is 39.8 Å². The number of fused-ring (bicyclic) bond motifs is 1. The smallest absolute Gasteiger partial charge is 0.294 e. The Morgan fingerprint density at radius 1 is 1.26 bits per heavy atom. The first-order chi connectivity index (χ1) is 12.9. The Kier molecular flexibility index (Phi) is 5.46. The zero-order valence-corrected chi connectivity index (χ0v) is 15.9. The molecule has 27 heavy (non-hydrogen) atoms. The summed E-state index contributed by atoms with van der Waals surface area (Å²) in [6.45, 7) is 4.70. The second-order valence-corrected chi connectivity index (χ2v) is 6.81. The van der Waals surface area contributed by atoms with Crippen molar-refractivity contribution in [3.63, 3.8) is 0 Å². The monoisotopic (exact) mass is 385 g/mol. The third-order valence-corrected chi connectivity index (χ3v) is 4.81. The van der Waals surface area contributed by atoms with Crippen LogP contribution in [-0.4, -0.2) is 15.4 Å². The van der Waals surface area contributed by atoms with Crippen LogP contribution in [0.25, 0.3) is 10.9 Å². The number of para-hydroxylation sites is 1. The third-order valence-electron chi connectivity index (χ3n) is 4.58. The number of amides is 1. The molecule has 1 aromatic heterocycles. The first kappa shape index (κ1) is 18.9. The average Bonchev–Trinajstić information content (AvgIpc) is 2.93. The Hall–Kier alpha value is -2.86. The molecule has 0 radical (unpaired) electrons. The van der Waals surface area contributed by atoms with Crippen molar-refractivity contribution in [1.82, 2.24) is 4.57 Å². The van der Waals surface area contributed by atoms with Crippen LogP contribution < -0.4 is 5.32 Å². The van der Waals surface area contributed by atoms with Crippen molar-refractivity contribution in [2.45, 2.75) is 33.2 Å². The van der Waals surface area contributed by atoms with Gasteiger partial charge in [0.1, 0.15) is 11.4 Å². The number of nitro groups is 1. The second kappa shape index (κ2) is 7.80. The summed E-state index contributed by atoms with van der Waals surface area (Å²) >= 11 is 5.85. The highest BCUT2D eigenvalue weighted by Crippen LogP contribution is 2.30. The topological polar surface area (TPSA) is 77.2 Å². The van der Waals surface area contributed by atoms with Gasteiger partial charge < -0.3 is 9.88 Å². The number of benzene rings is 2. The Morgan fingerprint density at radius 2 is 2.00 bits per heavy atom. The Balaban J connectivity index is 2.06. The van der Waals surface area contributed by atoms with Crippen molar-refractivity contribution in [2.75, 3.05) is 5.32 Å². The number of nitro benzene ring substituents is 1. The van der Waals surface area contributed by atoms with Crippen LogP contribution >= 0.6 is 11.6 Å². The normalized spacial score (nSPS) is 10.9. The van der Waals surface area contributed by atoms with Gasteiger partial charge in [0.25, 0.3) is 11.6 Å². The molecule has 0 aliphatic heterocycles. The Labute approximate surface area is 161 Å². The van der Waals surface area contributed by atoms with Gasteiger partial charge in [0, 0.05) is 28.5 Å². The zero-order valence-electron chi connectivity index (χ0n) is 15.2. The molecule has 0 unspecified atom stereocenters. The van der Waals surface area contributed by atoms with E-state index in [-0.39, 0.29) is 22.3 Å². The molecule has 1 N–H and O–H groups in total. The molecule has 0 bridgehead atoms. The van der Waals surface area contributed by atoms with Gasteiger partial charge in [0.05, 0.1) is 4.92 Å². The van der Waals surface area contributed by atoms with E-state index in [1.165, 1.54) is 18.2 Å². The van der Waals surface area contributed by atoms with Crippen LogP contribution in [0.15, 0.2) is 42.5 Å². The summed E-state index contributed by atoms with van der Waals surface area (Å²) < 4.78 is 1.99. The van der Waals surface area contributed by atoms with Crippen LogP contribution in [0.2, 0.25) is 5.02 Å². The minimum absolute atomic E-state index is 0.126. The lowest BCUT2D eigenvalue weighted by molar-refractivity contribution is -0.383. The van der Waals surface area contributed by atoms with E-state index in [0.29, 0.717) is 12.2 Å². The van der Waals surface area contributed by atoms with E-state index in [9.17, 15) is 14.9 Å². The van der Waals surface area contributed by atoms with Crippen molar-refractivity contribution in [1.29, 1.82) is 0 Å². The maximum atomic E-state index is 13.1. The van der Waals surface area contributed by atoms with Gasteiger partial charge in [-0.05, 0) is 37.1 Å². The van der Waals surface area contributed by atoms with Crippen LogP contribution in [0.1, 0.15) is 35.8 Å². The molecule has 1 amide bonds. The molecule has 3 rings (SSSR count). The maximum absolute atomic E-state index is 13.1. The fourth-order valence-electron chi connectivity index (χ4n) is 3.26. The fraction of sp³-hybridized carbons (Fsp3) is 0.250. The number of anilines is 1. The standard InChI is InChI=1S/C20H20ClN3O3/c1-3-4-11-23-17-8-6-5-7-15(17)13(2)19(23)20(25)22-16-10-9-14(21)12-18(16)24(26)27/h5-10,12H,3-4,11H2,1-2H3,(H,22,25). The number of halogens is 1. The molecule has 0 fully saturated rings. The molecule has 6 nitrogen and oxygen atoms in total. The SMILES string of the molecule is CCCCn1c(C(=O)Nc2ccc(Cl)cc2[N+](=O)[O-])c(C)c2ccccc21. The number of hydrogen-bond acceptors (Lipinski definition) is 3. The van der Waals surface area contributed by atoms with Crippen molar-refractivity contribution < 1.29 is 9.72 Å². The summed E-state index contributed by atoms with van der Waals surface area (Å²) in [5.41, 5.74) is 2.26. The summed E-state index contributed by atoms with van der Waals surface area (Å²) in [6, 6.07) is 12.0. The molecule has 0 saturated heterocycles. The highest BCUT2D eigenvalue weighted by molar-refractivity contribution is 6.31. The van der Waals surface area contributed by atoms with Gasteiger partial charge >= 0.3 is 0 Å². The third kappa shape index (κ3) is 3.66. The summed E-state index contributed by atoms with van der Waals surface area (Å²) in [6.07, 6.45) is 1.93. The fourth-order valence-corrected chi connectivity index (χ4v) is 3.43. The van der Waals surface area contributed by atoms with Gasteiger partial charge in [0.2, 0.25) is 0 Å². The molecule has 0 atom stereocenters. The molecular formula is C20H20ClN3O3. The minimum atomic E-state index is -0.555. The van der Waals surface area contributed by atoms with Gasteiger partial charge in [-0.25, -0.2) is 0 Å². The summed E-state index contributed by atoms with van der Waals surface area (Å²) in [5, 5.41) is 15.2. The van der Waals surface area contributed by atoms with E-state index in [1.807, 2.05) is 35.8 Å². The van der Waals surface area contributed by atoms with E-state index in [4.69, 9.17) is 11.6 Å². The first-order valence-electron chi connectivity index (χ1n) is 8.77. The Bertz CT molecular complexity index is 1030. The second-order valence-electron chi connectivity index (χ2n) is 6.37. The summed E-state index contributed by atoms with van der Waals surface area (Å²) in [5.74, 6) is -0.370. The van der Waals surface area contributed by atoms with Gasteiger partial charge in [-0.2, -0.15) is 0 Å². The number of carbonyl (C=O) groups is 1. The van der Waals surface area contributed by atoms with Crippen LogP contribution in [0.4, 0.5) is 11.4 Å². The maximum Gasteiger partial charge on any atom is 0.294 e. The Morgan fingerprint density at radius 3 is 2.70 bits per heavy atom. The van der Waals surface area contributed by atoms with Crippen LogP contribution in [0.3, 0.4) is 0 Å². The predicted octanol–water partition coefficient (Wildman–Crippen LogP) is 5.56. The molecule has 0 aliphatic rings. The highest BCUT2D eigenvalue weighted by atomic mass is 35.5. The van der Waals surface area contributed by atoms with Crippen LogP contribution in [-0.2, 0) is 6.54 Å². The predicted molar refractivity (Wildman–Crippen MR) is 108 cm³/mol. The number of nitrogens with one attached hydrogen (secondary N) is 1. The van der Waals surface area contributed by atoms with Crippen LogP contribution in [0, 0.1) is 17.0 Å². The first-order valence-corrected chi connectivity index (χ1v) is 9.15. The molecule has 0 saturated carbocycles. The number of hydrogen-bond donors (Lipinski definition) is 1. The number of aromatic nitrogens is 1. The van der Waals surface area contributed by atoms with Gasteiger partial charge in [-0.15, -0.1) is 0 Å². The van der Waals surface area contributed by atoms with Crippen LogP contribution in [0.5, 0.6) is 0 Å². The molecule has 0 spiro atoms. The lowest BCUT2D eigenvalue weighted by Gasteiger charge is -2.12. The lowest BCUT2D eigenvalue weighted by atomic mass is 10.1.